The maximum absolute atomic E-state index is 11.6. The van der Waals surface area contributed by atoms with Gasteiger partial charge in [-0.2, -0.15) is 0 Å². The smallest absolute Gasteiger partial charge is 0.327 e. The van der Waals surface area contributed by atoms with Crippen LogP contribution in [0.2, 0.25) is 0 Å². The van der Waals surface area contributed by atoms with Gasteiger partial charge in [0, 0.05) is 31.1 Å². The van der Waals surface area contributed by atoms with Gasteiger partial charge in [-0.3, -0.25) is 14.8 Å². The van der Waals surface area contributed by atoms with Gasteiger partial charge in [-0.15, -0.1) is 0 Å². The van der Waals surface area contributed by atoms with Gasteiger partial charge in [0.25, 0.3) is 5.56 Å². The van der Waals surface area contributed by atoms with Gasteiger partial charge in [-0.1, -0.05) is 0 Å². The quantitative estimate of drug-likeness (QED) is 0.514. The van der Waals surface area contributed by atoms with Crippen molar-refractivity contribution in [2.75, 3.05) is 13.2 Å². The molecule has 0 bridgehead atoms. The maximum Gasteiger partial charge on any atom is 0.327 e. The van der Waals surface area contributed by atoms with Crippen molar-refractivity contribution in [1.82, 2.24) is 19.5 Å². The van der Waals surface area contributed by atoms with E-state index in [0.29, 0.717) is 4.57 Å². The van der Waals surface area contributed by atoms with Gasteiger partial charge < -0.3 is 14.8 Å². The first kappa shape index (κ1) is 8.22. The molecular formula is C10H14N4O4. The molecule has 2 aromatic rings. The number of rotatable bonds is 5. The van der Waals surface area contributed by atoms with Crippen LogP contribution in [0.25, 0.3) is 11.2 Å². The molecule has 0 aliphatic heterocycles. The van der Waals surface area contributed by atoms with E-state index in [2.05, 4.69) is 9.97 Å². The van der Waals surface area contributed by atoms with E-state index in [0.717, 1.165) is 6.33 Å². The number of aliphatic hydroxyl groups excluding tert-OH is 2. The Hall–Kier alpha value is -1.93. The highest BCUT2D eigenvalue weighted by Crippen LogP contribution is 2.08. The third-order valence-corrected chi connectivity index (χ3v) is 2.27. The summed E-state index contributed by atoms with van der Waals surface area (Å²) in [5, 5.41) is 18.2. The largest absolute Gasteiger partial charge is 0.396 e. The Morgan fingerprint density at radius 2 is 2.11 bits per heavy atom. The number of aromatic nitrogens is 4. The van der Waals surface area contributed by atoms with Gasteiger partial charge in [-0.05, 0) is 6.37 Å². The minimum Gasteiger partial charge on any atom is -0.396 e. The summed E-state index contributed by atoms with van der Waals surface area (Å²) in [5.41, 5.74) is -2.28. The molecule has 0 fully saturated rings. The van der Waals surface area contributed by atoms with E-state index in [1.54, 1.807) is 0 Å². The number of fused-ring (bicyclic) bond motifs is 1. The van der Waals surface area contributed by atoms with Gasteiger partial charge in [0.2, 0.25) is 0 Å². The van der Waals surface area contributed by atoms with Crippen LogP contribution in [0.3, 0.4) is 0 Å². The van der Waals surface area contributed by atoms with Crippen LogP contribution in [0, 0.1) is 5.92 Å². The molecule has 0 radical (unpaired) electrons. The summed E-state index contributed by atoms with van der Waals surface area (Å²) in [5.74, 6) is -1.41. The van der Waals surface area contributed by atoms with Crippen LogP contribution in [0.4, 0.5) is 0 Å². The molecule has 18 heavy (non-hydrogen) atoms. The molecule has 0 unspecified atom stereocenters. The molecule has 8 nitrogen and oxygen atoms in total. The molecule has 98 valence electrons. The summed E-state index contributed by atoms with van der Waals surface area (Å²) in [6.45, 7) is -4.37. The number of nitrogens with one attached hydrogen (secondary N) is 2. The Morgan fingerprint density at radius 1 is 1.39 bits per heavy atom. The molecule has 0 atom stereocenters. The van der Waals surface area contributed by atoms with Crippen LogP contribution in [0.1, 0.15) is 11.9 Å². The van der Waals surface area contributed by atoms with Crippen molar-refractivity contribution < 1.29 is 15.7 Å². The number of nitrogens with zero attached hydrogens (tertiary/aromatic N) is 2. The summed E-state index contributed by atoms with van der Waals surface area (Å²) in [4.78, 5) is 30.7. The van der Waals surface area contributed by atoms with Crippen molar-refractivity contribution >= 4 is 11.2 Å². The molecule has 8 heteroatoms. The van der Waals surface area contributed by atoms with Crippen LogP contribution < -0.4 is 11.2 Å². The number of hydrogen-bond acceptors (Lipinski definition) is 5. The SMILES string of the molecule is [2H]C([2H])(C(CO)CO)C([2H])([2H])n1cnc2c(=O)[nH]c(=O)[nH]c21. The molecule has 0 spiro atoms. The molecule has 0 aromatic carbocycles. The zero-order chi connectivity index (χ0) is 16.7. The van der Waals surface area contributed by atoms with Crippen molar-refractivity contribution in [2.24, 2.45) is 5.92 Å². The molecular weight excluding hydrogens is 240 g/mol. The maximum atomic E-state index is 11.6. The van der Waals surface area contributed by atoms with Gasteiger partial charge >= 0.3 is 5.69 Å². The van der Waals surface area contributed by atoms with Crippen LogP contribution in [-0.4, -0.2) is 42.9 Å². The van der Waals surface area contributed by atoms with Crippen molar-refractivity contribution in [1.29, 1.82) is 0 Å². The predicted octanol–water partition coefficient (Wildman–Crippen LogP) is -1.60. The first-order valence-corrected chi connectivity index (χ1v) is 5.08. The van der Waals surface area contributed by atoms with E-state index in [-0.39, 0.29) is 11.2 Å². The van der Waals surface area contributed by atoms with Gasteiger partial charge in [-0.25, -0.2) is 9.78 Å². The van der Waals surface area contributed by atoms with E-state index in [1.807, 2.05) is 4.98 Å². The number of imidazole rings is 1. The zero-order valence-corrected chi connectivity index (χ0v) is 9.17. The Morgan fingerprint density at radius 3 is 2.78 bits per heavy atom. The van der Waals surface area contributed by atoms with E-state index in [1.165, 1.54) is 0 Å². The third-order valence-electron chi connectivity index (χ3n) is 2.27. The summed E-state index contributed by atoms with van der Waals surface area (Å²) in [6.07, 6.45) is -1.83. The highest BCUT2D eigenvalue weighted by Gasteiger charge is 2.10. The number of aryl methyl sites for hydroxylation is 1. The molecule has 2 rings (SSSR count). The highest BCUT2D eigenvalue weighted by molar-refractivity contribution is 5.68. The Kier molecular flexibility index (Phi) is 2.35. The van der Waals surface area contributed by atoms with Gasteiger partial charge in [0.1, 0.15) is 5.65 Å². The number of aliphatic hydroxyl groups is 2. The summed E-state index contributed by atoms with van der Waals surface area (Å²) in [6, 6.07) is 0. The average molecular weight is 258 g/mol. The predicted molar refractivity (Wildman–Crippen MR) is 63.3 cm³/mol. The fraction of sp³-hybridized carbons (Fsp3) is 0.500. The Balaban J connectivity index is 2.69. The van der Waals surface area contributed by atoms with Gasteiger partial charge in [0.05, 0.1) is 6.33 Å². The minimum atomic E-state index is -2.80. The number of hydrogen-bond donors (Lipinski definition) is 4. The number of aromatic amines is 2. The molecule has 2 heterocycles. The van der Waals surface area contributed by atoms with E-state index in [4.69, 9.17) is 15.7 Å². The normalized spacial score (nSPS) is 16.4. The van der Waals surface area contributed by atoms with Crippen molar-refractivity contribution in [3.63, 3.8) is 0 Å². The second kappa shape index (κ2) is 5.15. The second-order valence-electron chi connectivity index (χ2n) is 3.54. The lowest BCUT2D eigenvalue weighted by atomic mass is 10.1. The fourth-order valence-electron chi connectivity index (χ4n) is 1.33. The molecule has 0 saturated carbocycles. The van der Waals surface area contributed by atoms with Crippen molar-refractivity contribution in [2.45, 2.75) is 12.9 Å². The second-order valence-corrected chi connectivity index (χ2v) is 3.54. The molecule has 4 N–H and O–H groups in total. The van der Waals surface area contributed by atoms with Crippen LogP contribution in [0.5, 0.6) is 0 Å². The minimum absolute atomic E-state index is 0.260. The third kappa shape index (κ3) is 2.34. The topological polar surface area (TPSA) is 124 Å². The summed E-state index contributed by atoms with van der Waals surface area (Å²) < 4.78 is 32.5. The fourth-order valence-corrected chi connectivity index (χ4v) is 1.33. The lowest BCUT2D eigenvalue weighted by Crippen LogP contribution is -2.23. The first-order valence-electron chi connectivity index (χ1n) is 7.08. The molecule has 0 aliphatic rings. The first-order chi connectivity index (χ1) is 10.2. The highest BCUT2D eigenvalue weighted by atomic mass is 16.3. The van der Waals surface area contributed by atoms with Crippen molar-refractivity contribution in [3.8, 4) is 0 Å². The monoisotopic (exact) mass is 258 g/mol. The lowest BCUT2D eigenvalue weighted by Gasteiger charge is -2.10. The van der Waals surface area contributed by atoms with E-state index in [9.17, 15) is 9.59 Å². The van der Waals surface area contributed by atoms with E-state index >= 15 is 0 Å². The zero-order valence-electron chi connectivity index (χ0n) is 13.2. The summed E-state index contributed by atoms with van der Waals surface area (Å²) in [7, 11) is 0. The Bertz CT molecular complexity index is 792. The molecule has 2 aromatic heterocycles. The average Bonchev–Trinajstić information content (AvgIpc) is 2.84. The van der Waals surface area contributed by atoms with Crippen LogP contribution in [0.15, 0.2) is 15.9 Å². The summed E-state index contributed by atoms with van der Waals surface area (Å²) >= 11 is 0. The molecule has 0 amide bonds. The van der Waals surface area contributed by atoms with Crippen LogP contribution in [-0.2, 0) is 6.50 Å². The van der Waals surface area contributed by atoms with Crippen molar-refractivity contribution in [3.05, 3.63) is 27.2 Å². The van der Waals surface area contributed by atoms with Crippen LogP contribution >= 0.6 is 0 Å². The number of H-pyrrole nitrogens is 2. The van der Waals surface area contributed by atoms with E-state index < -0.39 is 43.3 Å². The Labute approximate surface area is 107 Å². The standard InChI is InChI=1S/C10H14N4O4/c15-3-6(4-16)1-2-14-5-11-7-8(14)12-10(18)13-9(7)17/h5-6,15-16H,1-4H2,(H2,12,13,17,18)/i1D2,2D2. The lowest BCUT2D eigenvalue weighted by molar-refractivity contribution is 0.140. The van der Waals surface area contributed by atoms with Gasteiger partial charge in [0.15, 0.2) is 5.52 Å². The molecule has 0 saturated heterocycles. The molecule has 0 aliphatic carbocycles.